The Labute approximate surface area is 52.2 Å². The first-order valence-corrected chi connectivity index (χ1v) is 1.75. The van der Waals surface area contributed by atoms with Crippen LogP contribution in [-0.4, -0.2) is 0 Å². The summed E-state index contributed by atoms with van der Waals surface area (Å²) in [7, 11) is 0. The fraction of sp³-hybridized carbons (Fsp3) is 1.00. The van der Waals surface area contributed by atoms with Crippen LogP contribution in [0.5, 0.6) is 0 Å². The van der Waals surface area contributed by atoms with Crippen molar-refractivity contribution in [2.75, 3.05) is 0 Å². The zero-order valence-corrected chi connectivity index (χ0v) is 3.50. The van der Waals surface area contributed by atoms with E-state index in [1.165, 1.54) is 0 Å². The van der Waals surface area contributed by atoms with Crippen molar-refractivity contribution in [2.24, 2.45) is 5.89 Å². The Morgan fingerprint density at radius 2 is 2.17 bits per heavy atom. The van der Waals surface area contributed by atoms with Gasteiger partial charge in [-0.25, -0.2) is 0 Å². The molecule has 0 unspecified atom stereocenters. The lowest BCUT2D eigenvalue weighted by atomic mass is 10.2. The molecule has 0 radical (unpaired) electrons. The SMILES string of the molecule is [2H]C1([2H])C([2H])([2H])C([2H])([2H])C([2H])(C)C1([2H])[2H]. The number of rotatable bonds is 0. The minimum Gasteiger partial charge on any atom is -0.0625 e. The molecule has 0 heterocycles. The molecule has 36 valence electrons. The lowest BCUT2D eigenvalue weighted by Gasteiger charge is -1.91. The first kappa shape index (κ1) is 0.667. The third-order valence-corrected chi connectivity index (χ3v) is 0.562. The van der Waals surface area contributed by atoms with Crippen molar-refractivity contribution in [3.8, 4) is 0 Å². The van der Waals surface area contributed by atoms with Gasteiger partial charge in [0.15, 0.2) is 0 Å². The Kier molecular flexibility index (Phi) is 0.181. The molecule has 6 heavy (non-hydrogen) atoms. The van der Waals surface area contributed by atoms with Gasteiger partial charge in [0.1, 0.15) is 0 Å². The average Bonchev–Trinajstić information content (AvgIpc) is 2.04. The highest BCUT2D eigenvalue weighted by atomic mass is 14.1. The van der Waals surface area contributed by atoms with E-state index >= 15 is 0 Å². The molecular weight excluding hydrogens is 72.1 g/mol. The van der Waals surface area contributed by atoms with E-state index in [9.17, 15) is 0 Å². The molecule has 0 aliphatic heterocycles. The summed E-state index contributed by atoms with van der Waals surface area (Å²) in [6.45, 7) is 0.885. The molecule has 0 aromatic rings. The Balaban J connectivity index is 3.55. The van der Waals surface area contributed by atoms with Crippen LogP contribution < -0.4 is 0 Å². The fourth-order valence-corrected chi connectivity index (χ4v) is 0.281. The van der Waals surface area contributed by atoms with E-state index in [1.807, 2.05) is 0 Å². The summed E-state index contributed by atoms with van der Waals surface area (Å²) in [6, 6.07) is 0. The van der Waals surface area contributed by atoms with Crippen molar-refractivity contribution in [1.29, 1.82) is 0 Å². The molecule has 1 aliphatic rings. The van der Waals surface area contributed by atoms with Crippen LogP contribution in [-0.2, 0) is 0 Å². The zero-order chi connectivity index (χ0) is 12.5. The second-order valence-corrected chi connectivity index (χ2v) is 1.12. The third-order valence-electron chi connectivity index (χ3n) is 0.562. The predicted octanol–water partition coefficient (Wildman–Crippen LogP) is 2.20. The molecule has 0 N–H and O–H groups in total. The molecule has 0 aromatic heterocycles. The van der Waals surface area contributed by atoms with Crippen molar-refractivity contribution in [1.82, 2.24) is 0 Å². The topological polar surface area (TPSA) is 0 Å². The fourth-order valence-electron chi connectivity index (χ4n) is 0.281. The molecule has 1 saturated carbocycles. The van der Waals surface area contributed by atoms with Gasteiger partial charge in [0, 0.05) is 12.3 Å². The number of hydrogen-bond donors (Lipinski definition) is 0. The summed E-state index contributed by atoms with van der Waals surface area (Å²) in [4.78, 5) is 0. The van der Waals surface area contributed by atoms with E-state index in [1.54, 1.807) is 0 Å². The Morgan fingerprint density at radius 1 is 1.67 bits per heavy atom. The van der Waals surface area contributed by atoms with Crippen molar-refractivity contribution < 1.29 is 12.3 Å². The van der Waals surface area contributed by atoms with E-state index in [0.717, 1.165) is 6.92 Å². The maximum absolute atomic E-state index is 7.57. The monoisotopic (exact) mass is 93.2 g/mol. The minimum absolute atomic E-state index is 0.885. The summed E-state index contributed by atoms with van der Waals surface area (Å²) >= 11 is 0. The van der Waals surface area contributed by atoms with E-state index in [0.29, 0.717) is 0 Å². The Bertz CT molecular complexity index is 199. The van der Waals surface area contributed by atoms with Crippen molar-refractivity contribution in [3.05, 3.63) is 0 Å². The highest BCUT2D eigenvalue weighted by Crippen LogP contribution is 2.22. The van der Waals surface area contributed by atoms with Gasteiger partial charge in [0.2, 0.25) is 0 Å². The van der Waals surface area contributed by atoms with E-state index in [4.69, 9.17) is 12.3 Å². The largest absolute Gasteiger partial charge is 0.0625 e. The Morgan fingerprint density at radius 3 is 2.33 bits per heavy atom. The Hall–Kier alpha value is 0. The van der Waals surface area contributed by atoms with Crippen LogP contribution in [0.15, 0.2) is 0 Å². The minimum atomic E-state index is -3.04. The first-order valence-electron chi connectivity index (χ1n) is 6.25. The van der Waals surface area contributed by atoms with Crippen LogP contribution in [0.25, 0.3) is 0 Å². The van der Waals surface area contributed by atoms with Gasteiger partial charge >= 0.3 is 0 Å². The summed E-state index contributed by atoms with van der Waals surface area (Å²) in [5.74, 6) is -2.48. The second kappa shape index (κ2) is 1.63. The molecule has 0 atom stereocenters. The molecule has 0 nitrogen and oxygen atoms in total. The van der Waals surface area contributed by atoms with Crippen LogP contribution in [0.2, 0.25) is 0 Å². The molecule has 0 heteroatoms. The average molecular weight is 93.2 g/mol. The molecule has 0 spiro atoms. The van der Waals surface area contributed by atoms with E-state index in [-0.39, 0.29) is 0 Å². The van der Waals surface area contributed by atoms with Crippen LogP contribution in [0.1, 0.15) is 44.8 Å². The first-order chi connectivity index (χ1) is 6.25. The van der Waals surface area contributed by atoms with Gasteiger partial charge in [-0.2, -0.15) is 0 Å². The summed E-state index contributed by atoms with van der Waals surface area (Å²) < 4.78 is 66.7. The second-order valence-electron chi connectivity index (χ2n) is 1.12. The quantitative estimate of drug-likeness (QED) is 0.430. The van der Waals surface area contributed by atoms with Gasteiger partial charge in [-0.1, -0.05) is 32.4 Å². The molecule has 1 fully saturated rings. The van der Waals surface area contributed by atoms with Crippen molar-refractivity contribution in [3.63, 3.8) is 0 Å². The lowest BCUT2D eigenvalue weighted by Crippen LogP contribution is -1.78. The number of hydrogen-bond acceptors (Lipinski definition) is 0. The molecule has 0 amide bonds. The van der Waals surface area contributed by atoms with Gasteiger partial charge in [-0.05, 0) is 5.89 Å². The van der Waals surface area contributed by atoms with Crippen LogP contribution >= 0.6 is 0 Å². The normalized spacial score (nSPS) is 86.5. The molecule has 1 rings (SSSR count). The van der Waals surface area contributed by atoms with Gasteiger partial charge in [-0.3, -0.25) is 0 Å². The lowest BCUT2D eigenvalue weighted by molar-refractivity contribution is 0.612. The van der Waals surface area contributed by atoms with E-state index in [2.05, 4.69) is 0 Å². The summed E-state index contributed by atoms with van der Waals surface area (Å²) in [5, 5.41) is 0. The van der Waals surface area contributed by atoms with Crippen LogP contribution in [0.3, 0.4) is 0 Å². The van der Waals surface area contributed by atoms with Crippen LogP contribution in [0, 0.1) is 5.89 Å². The van der Waals surface area contributed by atoms with Crippen molar-refractivity contribution >= 4 is 0 Å². The third kappa shape index (κ3) is 0.735. The maximum atomic E-state index is 7.57. The highest BCUT2D eigenvalue weighted by Gasteiger charge is 2.07. The molecular formula is C6H12. The standard InChI is InChI=1S/C6H12/c1-6-4-2-3-5-6/h6H,2-5H2,1H3/i2D2,3D2,4D2,5D2,6D. The maximum Gasteiger partial charge on any atom is 0.0300 e. The van der Waals surface area contributed by atoms with Gasteiger partial charge in [-0.15, -0.1) is 0 Å². The zero-order valence-electron chi connectivity index (χ0n) is 12.5. The van der Waals surface area contributed by atoms with Crippen LogP contribution in [0.4, 0.5) is 0 Å². The summed E-state index contributed by atoms with van der Waals surface area (Å²) in [5.41, 5.74) is 0. The highest BCUT2D eigenvalue weighted by molar-refractivity contribution is 4.60. The molecule has 0 saturated heterocycles. The van der Waals surface area contributed by atoms with E-state index < -0.39 is 31.4 Å². The molecule has 0 aromatic carbocycles. The predicted molar refractivity (Wildman–Crippen MR) is 27.6 cm³/mol. The van der Waals surface area contributed by atoms with Gasteiger partial charge < -0.3 is 0 Å². The van der Waals surface area contributed by atoms with Gasteiger partial charge in [0.05, 0.1) is 0 Å². The molecule has 1 aliphatic carbocycles. The smallest absolute Gasteiger partial charge is 0.0300 e. The van der Waals surface area contributed by atoms with Gasteiger partial charge in [0.25, 0.3) is 0 Å². The van der Waals surface area contributed by atoms with Crippen molar-refractivity contribution in [2.45, 2.75) is 32.4 Å². The molecule has 0 bridgehead atoms. The summed E-state index contributed by atoms with van der Waals surface area (Å²) in [6.07, 6.45) is -11.9.